The number of carboxylic acids is 1. The molecule has 1 heterocycles. The lowest BCUT2D eigenvalue weighted by Gasteiger charge is -2.15. The van der Waals surface area contributed by atoms with Crippen LogP contribution < -0.4 is 0 Å². The fourth-order valence-corrected chi connectivity index (χ4v) is 3.77. The number of fused-ring (bicyclic) bond motifs is 1. The molecule has 3 aromatic rings. The summed E-state index contributed by atoms with van der Waals surface area (Å²) in [6.07, 6.45) is 0.471. The van der Waals surface area contributed by atoms with E-state index in [4.69, 9.17) is 11.6 Å². The van der Waals surface area contributed by atoms with Crippen LogP contribution in [0.4, 0.5) is 0 Å². The van der Waals surface area contributed by atoms with E-state index in [2.05, 4.69) is 0 Å². The van der Waals surface area contributed by atoms with Gasteiger partial charge in [-0.15, -0.1) is 0 Å². The highest BCUT2D eigenvalue weighted by molar-refractivity contribution is 6.31. The maximum absolute atomic E-state index is 12.7. The fraction of sp³-hybridized carbons (Fsp3) is 0.130. The Balaban J connectivity index is 1.56. The van der Waals surface area contributed by atoms with Gasteiger partial charge in [0, 0.05) is 23.7 Å². The smallest absolute Gasteiger partial charge is 0.336 e. The maximum Gasteiger partial charge on any atom is 0.336 e. The second-order valence-corrected chi connectivity index (χ2v) is 7.36. The second kappa shape index (κ2) is 7.49. The van der Waals surface area contributed by atoms with Crippen LogP contribution in [0.5, 0.6) is 0 Å². The molecule has 1 N–H and O–H groups in total. The summed E-state index contributed by atoms with van der Waals surface area (Å²) in [6, 6.07) is 20.5. The predicted octanol–water partition coefficient (Wildman–Crippen LogP) is 4.79. The number of nitrogens with zero attached hydrogens (tertiary/aromatic N) is 1. The molecule has 0 aliphatic carbocycles. The predicted molar refractivity (Wildman–Crippen MR) is 108 cm³/mol. The number of aromatic carboxylic acids is 1. The summed E-state index contributed by atoms with van der Waals surface area (Å²) in [5, 5.41) is 9.82. The molecule has 1 amide bonds. The van der Waals surface area contributed by atoms with E-state index >= 15 is 0 Å². The number of hydrogen-bond acceptors (Lipinski definition) is 2. The monoisotopic (exact) mass is 391 g/mol. The number of halogens is 1. The minimum Gasteiger partial charge on any atom is -0.478 e. The van der Waals surface area contributed by atoms with Gasteiger partial charge in [0.25, 0.3) is 5.91 Å². The molecular formula is C23H18ClNO3. The van der Waals surface area contributed by atoms with Crippen molar-refractivity contribution in [2.24, 2.45) is 0 Å². The Kier molecular flexibility index (Phi) is 4.88. The third-order valence-corrected chi connectivity index (χ3v) is 5.20. The van der Waals surface area contributed by atoms with Crippen molar-refractivity contribution in [1.29, 1.82) is 0 Å². The quantitative estimate of drug-likeness (QED) is 0.680. The average Bonchev–Trinajstić information content (AvgIpc) is 2.99. The Labute approximate surface area is 168 Å². The van der Waals surface area contributed by atoms with Crippen LogP contribution >= 0.6 is 11.6 Å². The zero-order chi connectivity index (χ0) is 19.7. The van der Waals surface area contributed by atoms with Crippen LogP contribution in [0, 0.1) is 0 Å². The maximum atomic E-state index is 12.7. The largest absolute Gasteiger partial charge is 0.478 e. The normalized spacial score (nSPS) is 12.9. The molecule has 0 atom stereocenters. The molecule has 0 bridgehead atoms. The van der Waals surface area contributed by atoms with Gasteiger partial charge < -0.3 is 10.0 Å². The van der Waals surface area contributed by atoms with Gasteiger partial charge in [-0.1, -0.05) is 60.1 Å². The minimum atomic E-state index is -0.997. The lowest BCUT2D eigenvalue weighted by atomic mass is 9.97. The Bertz CT molecular complexity index is 1060. The third-order valence-electron chi connectivity index (χ3n) is 4.96. The Morgan fingerprint density at radius 2 is 1.79 bits per heavy atom. The van der Waals surface area contributed by atoms with Crippen LogP contribution in [0.25, 0.3) is 0 Å². The van der Waals surface area contributed by atoms with Crippen LogP contribution in [-0.2, 0) is 19.5 Å². The second-order valence-electron chi connectivity index (χ2n) is 6.92. The molecule has 3 aromatic carbocycles. The van der Waals surface area contributed by atoms with Gasteiger partial charge in [-0.2, -0.15) is 0 Å². The molecule has 0 unspecified atom stereocenters. The number of carbonyl (C=O) groups excluding carboxylic acids is 1. The molecule has 0 aromatic heterocycles. The summed E-state index contributed by atoms with van der Waals surface area (Å²) >= 11 is 5.93. The van der Waals surface area contributed by atoms with E-state index in [0.717, 1.165) is 16.7 Å². The summed E-state index contributed by atoms with van der Waals surface area (Å²) in [6.45, 7) is 1.13. The Morgan fingerprint density at radius 3 is 2.54 bits per heavy atom. The molecule has 28 heavy (non-hydrogen) atoms. The van der Waals surface area contributed by atoms with Gasteiger partial charge in [0.05, 0.1) is 5.56 Å². The zero-order valence-electron chi connectivity index (χ0n) is 15.1. The van der Waals surface area contributed by atoms with E-state index in [9.17, 15) is 14.7 Å². The number of carbonyl (C=O) groups is 2. The van der Waals surface area contributed by atoms with Crippen molar-refractivity contribution in [3.63, 3.8) is 0 Å². The van der Waals surface area contributed by atoms with Crippen LogP contribution in [-0.4, -0.2) is 21.9 Å². The van der Waals surface area contributed by atoms with Gasteiger partial charge in [-0.3, -0.25) is 4.79 Å². The minimum absolute atomic E-state index is 0.0307. The van der Waals surface area contributed by atoms with Gasteiger partial charge in [0.15, 0.2) is 0 Å². The molecule has 4 nitrogen and oxygen atoms in total. The lowest BCUT2D eigenvalue weighted by molar-refractivity contribution is 0.0695. The average molecular weight is 392 g/mol. The standard InChI is InChI=1S/C23H18ClNO3/c24-19-8-7-17(21(12-19)23(27)28)10-16-6-9-20-18(11-16)14-25(22(20)26)13-15-4-2-1-3-5-15/h1-9,11-12H,10,13-14H2,(H,27,28). The van der Waals surface area contributed by atoms with Gasteiger partial charge >= 0.3 is 5.97 Å². The van der Waals surface area contributed by atoms with Crippen LogP contribution in [0.2, 0.25) is 5.02 Å². The van der Waals surface area contributed by atoms with Crippen molar-refractivity contribution in [2.45, 2.75) is 19.5 Å². The van der Waals surface area contributed by atoms with E-state index in [1.165, 1.54) is 6.07 Å². The van der Waals surface area contributed by atoms with E-state index in [0.29, 0.717) is 35.7 Å². The van der Waals surface area contributed by atoms with E-state index in [1.54, 1.807) is 12.1 Å². The molecule has 1 aliphatic rings. The molecule has 1 aliphatic heterocycles. The first-order chi connectivity index (χ1) is 13.5. The Hall–Kier alpha value is -3.11. The molecule has 140 valence electrons. The van der Waals surface area contributed by atoms with Crippen molar-refractivity contribution in [1.82, 2.24) is 4.90 Å². The number of rotatable bonds is 5. The van der Waals surface area contributed by atoms with E-state index in [1.807, 2.05) is 53.4 Å². The third kappa shape index (κ3) is 3.64. The van der Waals surface area contributed by atoms with Gasteiger partial charge in [0.2, 0.25) is 0 Å². The van der Waals surface area contributed by atoms with Crippen LogP contribution in [0.3, 0.4) is 0 Å². The lowest BCUT2D eigenvalue weighted by Crippen LogP contribution is -2.23. The Morgan fingerprint density at radius 1 is 1.00 bits per heavy atom. The zero-order valence-corrected chi connectivity index (χ0v) is 15.8. The highest BCUT2D eigenvalue weighted by Crippen LogP contribution is 2.27. The molecule has 0 fully saturated rings. The molecule has 4 rings (SSSR count). The molecular weight excluding hydrogens is 374 g/mol. The van der Waals surface area contributed by atoms with E-state index in [-0.39, 0.29) is 11.5 Å². The number of carboxylic acid groups (broad SMARTS) is 1. The van der Waals surface area contributed by atoms with Gasteiger partial charge in [-0.05, 0) is 46.9 Å². The SMILES string of the molecule is O=C(O)c1cc(Cl)ccc1Cc1ccc2c(c1)CN(Cc1ccccc1)C2=O. The summed E-state index contributed by atoms with van der Waals surface area (Å²) in [5.41, 5.74) is 4.66. The summed E-state index contributed by atoms with van der Waals surface area (Å²) in [7, 11) is 0. The van der Waals surface area contributed by atoms with Crippen molar-refractivity contribution in [3.05, 3.63) is 105 Å². The molecule has 0 spiro atoms. The highest BCUT2D eigenvalue weighted by atomic mass is 35.5. The highest BCUT2D eigenvalue weighted by Gasteiger charge is 2.27. The first-order valence-corrected chi connectivity index (χ1v) is 9.36. The van der Waals surface area contributed by atoms with Crippen molar-refractivity contribution >= 4 is 23.5 Å². The first kappa shape index (κ1) is 18.3. The summed E-state index contributed by atoms with van der Waals surface area (Å²) in [5.74, 6) is -0.967. The van der Waals surface area contributed by atoms with Gasteiger partial charge in [0.1, 0.15) is 0 Å². The fourth-order valence-electron chi connectivity index (χ4n) is 3.60. The topological polar surface area (TPSA) is 57.6 Å². The number of hydrogen-bond donors (Lipinski definition) is 1. The van der Waals surface area contributed by atoms with Gasteiger partial charge in [-0.25, -0.2) is 4.79 Å². The molecule has 0 saturated heterocycles. The summed E-state index contributed by atoms with van der Waals surface area (Å²) < 4.78 is 0. The van der Waals surface area contributed by atoms with Crippen molar-refractivity contribution in [3.8, 4) is 0 Å². The summed E-state index contributed by atoms with van der Waals surface area (Å²) in [4.78, 5) is 26.0. The first-order valence-electron chi connectivity index (χ1n) is 8.98. The number of benzene rings is 3. The van der Waals surface area contributed by atoms with Crippen LogP contribution in [0.1, 0.15) is 43.0 Å². The molecule has 0 radical (unpaired) electrons. The molecule has 0 saturated carbocycles. The van der Waals surface area contributed by atoms with E-state index < -0.39 is 5.97 Å². The number of amides is 1. The van der Waals surface area contributed by atoms with Crippen LogP contribution in [0.15, 0.2) is 66.7 Å². The van der Waals surface area contributed by atoms with Crippen molar-refractivity contribution in [2.75, 3.05) is 0 Å². The molecule has 5 heteroatoms. The van der Waals surface area contributed by atoms with Crippen molar-refractivity contribution < 1.29 is 14.7 Å².